The zero-order valence-electron chi connectivity index (χ0n) is 9.69. The standard InChI is InChI=1S/C12H10F3N3O/c13-12(14,15)11-5-6-18(17-11)10-3-1-9(2-4-10)7-16-8-19/h1-6,8H,7H2,(H,16,19). The Labute approximate surface area is 106 Å². The molecule has 2 aromatic rings. The molecule has 2 rings (SSSR count). The highest BCUT2D eigenvalue weighted by Gasteiger charge is 2.33. The molecule has 0 spiro atoms. The summed E-state index contributed by atoms with van der Waals surface area (Å²) in [5.74, 6) is 0. The molecule has 0 radical (unpaired) electrons. The lowest BCUT2D eigenvalue weighted by Crippen LogP contribution is -2.10. The highest BCUT2D eigenvalue weighted by Crippen LogP contribution is 2.27. The van der Waals surface area contributed by atoms with E-state index >= 15 is 0 Å². The SMILES string of the molecule is O=CNCc1ccc(-n2ccc(C(F)(F)F)n2)cc1. The van der Waals surface area contributed by atoms with Crippen molar-refractivity contribution in [1.29, 1.82) is 0 Å². The van der Waals surface area contributed by atoms with E-state index in [-0.39, 0.29) is 0 Å². The van der Waals surface area contributed by atoms with Gasteiger partial charge < -0.3 is 5.32 Å². The molecule has 0 unspecified atom stereocenters. The molecule has 1 N–H and O–H groups in total. The third-order valence-electron chi connectivity index (χ3n) is 2.47. The molecule has 0 bridgehead atoms. The van der Waals surface area contributed by atoms with Crippen LogP contribution >= 0.6 is 0 Å². The minimum absolute atomic E-state index is 0.372. The van der Waals surface area contributed by atoms with Crippen LogP contribution in [0.5, 0.6) is 0 Å². The van der Waals surface area contributed by atoms with Crippen LogP contribution in [0.4, 0.5) is 13.2 Å². The van der Waals surface area contributed by atoms with Crippen molar-refractivity contribution in [3.05, 3.63) is 47.8 Å². The average molecular weight is 269 g/mol. The van der Waals surface area contributed by atoms with Gasteiger partial charge in [0.15, 0.2) is 5.69 Å². The summed E-state index contributed by atoms with van der Waals surface area (Å²) >= 11 is 0. The van der Waals surface area contributed by atoms with Gasteiger partial charge in [0, 0.05) is 12.7 Å². The highest BCUT2D eigenvalue weighted by atomic mass is 19.4. The van der Waals surface area contributed by atoms with E-state index in [2.05, 4.69) is 10.4 Å². The fourth-order valence-electron chi connectivity index (χ4n) is 1.54. The van der Waals surface area contributed by atoms with E-state index in [1.807, 2.05) is 0 Å². The number of alkyl halides is 3. The Kier molecular flexibility index (Phi) is 3.55. The maximum absolute atomic E-state index is 12.4. The summed E-state index contributed by atoms with van der Waals surface area (Å²) in [6.45, 7) is 0.372. The van der Waals surface area contributed by atoms with E-state index in [4.69, 9.17) is 0 Å². The van der Waals surface area contributed by atoms with E-state index in [1.54, 1.807) is 24.3 Å². The first-order valence-electron chi connectivity index (χ1n) is 5.40. The minimum atomic E-state index is -4.45. The van der Waals surface area contributed by atoms with Crippen molar-refractivity contribution in [3.63, 3.8) is 0 Å². The fraction of sp³-hybridized carbons (Fsp3) is 0.167. The first-order valence-corrected chi connectivity index (χ1v) is 5.40. The van der Waals surface area contributed by atoms with Crippen molar-refractivity contribution < 1.29 is 18.0 Å². The van der Waals surface area contributed by atoms with Crippen molar-refractivity contribution in [3.8, 4) is 5.69 Å². The smallest absolute Gasteiger partial charge is 0.355 e. The number of amides is 1. The summed E-state index contributed by atoms with van der Waals surface area (Å²) in [4.78, 5) is 10.1. The maximum atomic E-state index is 12.4. The van der Waals surface area contributed by atoms with Crippen molar-refractivity contribution in [2.24, 2.45) is 0 Å². The Balaban J connectivity index is 2.18. The Hall–Kier alpha value is -2.31. The van der Waals surface area contributed by atoms with Gasteiger partial charge in [-0.1, -0.05) is 12.1 Å². The molecular formula is C12H10F3N3O. The van der Waals surface area contributed by atoms with Gasteiger partial charge in [0.25, 0.3) is 0 Å². The molecular weight excluding hydrogens is 259 g/mol. The first kappa shape index (κ1) is 13.1. The van der Waals surface area contributed by atoms with Crippen molar-refractivity contribution >= 4 is 6.41 Å². The van der Waals surface area contributed by atoms with Gasteiger partial charge in [-0.2, -0.15) is 18.3 Å². The molecule has 0 saturated heterocycles. The number of rotatable bonds is 4. The summed E-state index contributed by atoms with van der Waals surface area (Å²) in [6, 6.07) is 7.60. The minimum Gasteiger partial charge on any atom is -0.355 e. The predicted octanol–water partition coefficient (Wildman–Crippen LogP) is 2.14. The second-order valence-electron chi connectivity index (χ2n) is 3.81. The van der Waals surface area contributed by atoms with Crippen LogP contribution in [0.1, 0.15) is 11.3 Å². The van der Waals surface area contributed by atoms with Crippen LogP contribution in [0, 0.1) is 0 Å². The molecule has 100 valence electrons. The molecule has 4 nitrogen and oxygen atoms in total. The van der Waals surface area contributed by atoms with Crippen LogP contribution in [0.25, 0.3) is 5.69 Å². The van der Waals surface area contributed by atoms with Crippen LogP contribution in [0.15, 0.2) is 36.5 Å². The van der Waals surface area contributed by atoms with E-state index in [0.29, 0.717) is 18.6 Å². The van der Waals surface area contributed by atoms with E-state index in [1.165, 1.54) is 6.20 Å². The lowest BCUT2D eigenvalue weighted by atomic mass is 10.2. The maximum Gasteiger partial charge on any atom is 0.435 e. The van der Waals surface area contributed by atoms with Gasteiger partial charge in [-0.3, -0.25) is 4.79 Å². The van der Waals surface area contributed by atoms with Crippen LogP contribution in [0.3, 0.4) is 0 Å². The summed E-state index contributed by atoms with van der Waals surface area (Å²) in [6.07, 6.45) is -2.61. The van der Waals surface area contributed by atoms with Gasteiger partial charge in [-0.05, 0) is 23.8 Å². The highest BCUT2D eigenvalue weighted by molar-refractivity contribution is 5.46. The molecule has 0 aliphatic carbocycles. The van der Waals surface area contributed by atoms with E-state index in [9.17, 15) is 18.0 Å². The Morgan fingerprint density at radius 2 is 1.89 bits per heavy atom. The van der Waals surface area contributed by atoms with Gasteiger partial charge in [-0.25, -0.2) is 4.68 Å². The Morgan fingerprint density at radius 3 is 2.42 bits per heavy atom. The van der Waals surface area contributed by atoms with Crippen molar-refractivity contribution in [2.45, 2.75) is 12.7 Å². The quantitative estimate of drug-likeness (QED) is 0.864. The van der Waals surface area contributed by atoms with Crippen molar-refractivity contribution in [2.75, 3.05) is 0 Å². The zero-order valence-corrected chi connectivity index (χ0v) is 9.69. The number of carbonyl (C=O) groups is 1. The van der Waals surface area contributed by atoms with Gasteiger partial charge in [0.2, 0.25) is 6.41 Å². The number of aromatic nitrogens is 2. The van der Waals surface area contributed by atoms with Crippen LogP contribution in [0.2, 0.25) is 0 Å². The molecule has 1 amide bonds. The van der Waals surface area contributed by atoms with Crippen LogP contribution in [-0.4, -0.2) is 16.2 Å². The number of nitrogens with one attached hydrogen (secondary N) is 1. The zero-order chi connectivity index (χ0) is 13.9. The number of hydrogen-bond acceptors (Lipinski definition) is 2. The second-order valence-corrected chi connectivity index (χ2v) is 3.81. The number of nitrogens with zero attached hydrogens (tertiary/aromatic N) is 2. The molecule has 19 heavy (non-hydrogen) atoms. The third kappa shape index (κ3) is 3.12. The summed E-state index contributed by atoms with van der Waals surface area (Å²) in [5.41, 5.74) is 0.434. The predicted molar refractivity (Wildman–Crippen MR) is 61.5 cm³/mol. The molecule has 1 heterocycles. The summed E-state index contributed by atoms with van der Waals surface area (Å²) < 4.78 is 38.4. The number of carbonyl (C=O) groups excluding carboxylic acids is 1. The van der Waals surface area contributed by atoms with E-state index < -0.39 is 11.9 Å². The molecule has 0 fully saturated rings. The Morgan fingerprint density at radius 1 is 1.21 bits per heavy atom. The number of halogens is 3. The fourth-order valence-corrected chi connectivity index (χ4v) is 1.54. The second kappa shape index (κ2) is 5.13. The lowest BCUT2D eigenvalue weighted by Gasteiger charge is -2.04. The number of benzene rings is 1. The monoisotopic (exact) mass is 269 g/mol. The molecule has 1 aromatic heterocycles. The van der Waals surface area contributed by atoms with Gasteiger partial charge in [0.1, 0.15) is 0 Å². The molecule has 0 atom stereocenters. The van der Waals surface area contributed by atoms with E-state index in [0.717, 1.165) is 16.3 Å². The summed E-state index contributed by atoms with van der Waals surface area (Å²) in [5, 5.41) is 5.96. The Bertz CT molecular complexity index is 560. The molecule has 1 aromatic carbocycles. The molecule has 0 saturated carbocycles. The molecule has 0 aliphatic rings. The largest absolute Gasteiger partial charge is 0.435 e. The van der Waals surface area contributed by atoms with Gasteiger partial charge >= 0.3 is 6.18 Å². The molecule has 7 heteroatoms. The van der Waals surface area contributed by atoms with Gasteiger partial charge in [-0.15, -0.1) is 0 Å². The normalized spacial score (nSPS) is 11.3. The third-order valence-corrected chi connectivity index (χ3v) is 2.47. The van der Waals surface area contributed by atoms with Crippen LogP contribution < -0.4 is 5.32 Å². The van der Waals surface area contributed by atoms with Gasteiger partial charge in [0.05, 0.1) is 5.69 Å². The molecule has 0 aliphatic heterocycles. The topological polar surface area (TPSA) is 46.9 Å². The van der Waals surface area contributed by atoms with Crippen molar-refractivity contribution in [1.82, 2.24) is 15.1 Å². The van der Waals surface area contributed by atoms with Crippen LogP contribution in [-0.2, 0) is 17.5 Å². The average Bonchev–Trinajstić information content (AvgIpc) is 2.86. The number of hydrogen-bond donors (Lipinski definition) is 1. The lowest BCUT2D eigenvalue weighted by molar-refractivity contribution is -0.141. The summed E-state index contributed by atoms with van der Waals surface area (Å²) in [7, 11) is 0. The first-order chi connectivity index (χ1) is 9.00.